The van der Waals surface area contributed by atoms with Gasteiger partial charge in [-0.25, -0.2) is 4.98 Å². The fourth-order valence-corrected chi connectivity index (χ4v) is 2.56. The molecule has 0 aliphatic carbocycles. The molecule has 0 aliphatic rings. The highest BCUT2D eigenvalue weighted by atomic mass is 19.4. The summed E-state index contributed by atoms with van der Waals surface area (Å²) in [6.45, 7) is 6.03. The van der Waals surface area contributed by atoms with Crippen molar-refractivity contribution in [2.75, 3.05) is 11.9 Å². The van der Waals surface area contributed by atoms with Crippen LogP contribution in [0.5, 0.6) is 5.75 Å². The maximum atomic E-state index is 12.9. The summed E-state index contributed by atoms with van der Waals surface area (Å²) in [6, 6.07) is 8.94. The summed E-state index contributed by atoms with van der Waals surface area (Å²) >= 11 is 0. The third kappa shape index (κ3) is 3.71. The number of nitrogens with one attached hydrogen (secondary N) is 1. The molecule has 6 nitrogen and oxygen atoms in total. The van der Waals surface area contributed by atoms with Gasteiger partial charge in [0.05, 0.1) is 12.6 Å². The van der Waals surface area contributed by atoms with Crippen molar-refractivity contribution in [3.8, 4) is 5.75 Å². The van der Waals surface area contributed by atoms with E-state index in [1.807, 2.05) is 38.1 Å². The van der Waals surface area contributed by atoms with Crippen LogP contribution in [0.2, 0.25) is 0 Å². The van der Waals surface area contributed by atoms with Gasteiger partial charge in [-0.2, -0.15) is 22.7 Å². The average Bonchev–Trinajstić information content (AvgIpc) is 3.00. The Morgan fingerprint density at radius 3 is 2.69 bits per heavy atom. The van der Waals surface area contributed by atoms with Gasteiger partial charge in [0.25, 0.3) is 11.6 Å². The Morgan fingerprint density at radius 2 is 2.00 bits per heavy atom. The molecule has 0 bridgehead atoms. The first kappa shape index (κ1) is 18.0. The molecule has 2 aromatic heterocycles. The lowest BCUT2D eigenvalue weighted by molar-refractivity contribution is -0.144. The van der Waals surface area contributed by atoms with Gasteiger partial charge < -0.3 is 10.1 Å². The highest BCUT2D eigenvalue weighted by Crippen LogP contribution is 2.28. The van der Waals surface area contributed by atoms with Crippen molar-refractivity contribution in [3.63, 3.8) is 0 Å². The van der Waals surface area contributed by atoms with E-state index in [0.29, 0.717) is 18.1 Å². The SMILES string of the molecule is CCOc1cccc(C(C)Nc2cc(C)nc3nc(C(F)(F)F)nn23)c1. The van der Waals surface area contributed by atoms with Gasteiger partial charge in [0.2, 0.25) is 0 Å². The molecule has 0 saturated carbocycles. The molecule has 1 aromatic carbocycles. The lowest BCUT2D eigenvalue weighted by Gasteiger charge is -2.17. The van der Waals surface area contributed by atoms with Gasteiger partial charge in [0.15, 0.2) is 0 Å². The molecule has 0 radical (unpaired) electrons. The fraction of sp³-hybridized carbons (Fsp3) is 0.353. The summed E-state index contributed by atoms with van der Waals surface area (Å²) in [5.41, 5.74) is 1.46. The van der Waals surface area contributed by atoms with Crippen molar-refractivity contribution in [3.05, 3.63) is 47.4 Å². The number of rotatable bonds is 5. The highest BCUT2D eigenvalue weighted by Gasteiger charge is 2.36. The summed E-state index contributed by atoms with van der Waals surface area (Å²) in [5, 5.41) is 6.72. The minimum Gasteiger partial charge on any atom is -0.494 e. The Morgan fingerprint density at radius 1 is 1.23 bits per heavy atom. The third-order valence-corrected chi connectivity index (χ3v) is 3.73. The number of halogens is 3. The van der Waals surface area contributed by atoms with Crippen LogP contribution in [0, 0.1) is 6.92 Å². The van der Waals surface area contributed by atoms with Gasteiger partial charge >= 0.3 is 6.18 Å². The maximum Gasteiger partial charge on any atom is 0.453 e. The number of nitrogens with zero attached hydrogens (tertiary/aromatic N) is 4. The van der Waals surface area contributed by atoms with E-state index >= 15 is 0 Å². The van der Waals surface area contributed by atoms with Crippen LogP contribution in [0.15, 0.2) is 30.3 Å². The van der Waals surface area contributed by atoms with Gasteiger partial charge in [0.1, 0.15) is 11.6 Å². The molecule has 0 fully saturated rings. The minimum atomic E-state index is -4.63. The molecule has 2 heterocycles. The second kappa shape index (κ2) is 6.81. The van der Waals surface area contributed by atoms with E-state index in [-0.39, 0.29) is 11.8 Å². The first-order valence-corrected chi connectivity index (χ1v) is 8.09. The Labute approximate surface area is 148 Å². The van der Waals surface area contributed by atoms with E-state index in [2.05, 4.69) is 20.4 Å². The van der Waals surface area contributed by atoms with E-state index in [1.54, 1.807) is 13.0 Å². The molecule has 1 N–H and O–H groups in total. The van der Waals surface area contributed by atoms with E-state index in [0.717, 1.165) is 15.8 Å². The van der Waals surface area contributed by atoms with Crippen LogP contribution >= 0.6 is 0 Å². The molecule has 0 spiro atoms. The Balaban J connectivity index is 1.95. The first-order chi connectivity index (χ1) is 12.3. The van der Waals surface area contributed by atoms with E-state index in [9.17, 15) is 13.2 Å². The molecule has 3 aromatic rings. The molecular weight excluding hydrogens is 347 g/mol. The van der Waals surface area contributed by atoms with Crippen LogP contribution in [-0.2, 0) is 6.18 Å². The van der Waals surface area contributed by atoms with Gasteiger partial charge in [0, 0.05) is 11.8 Å². The topological polar surface area (TPSA) is 64.3 Å². The smallest absolute Gasteiger partial charge is 0.453 e. The van der Waals surface area contributed by atoms with Gasteiger partial charge in [-0.05, 0) is 38.5 Å². The standard InChI is InChI=1S/C17H18F3N5O/c1-4-26-13-7-5-6-12(9-13)11(3)22-14-8-10(2)21-16-23-15(17(18,19)20)24-25(14)16/h5-9,11,22H,4H2,1-3H3. The van der Waals surface area contributed by atoms with E-state index in [1.165, 1.54) is 0 Å². The number of alkyl halides is 3. The molecule has 1 atom stereocenters. The lowest BCUT2D eigenvalue weighted by atomic mass is 10.1. The number of fused-ring (bicyclic) bond motifs is 1. The zero-order valence-electron chi connectivity index (χ0n) is 14.5. The molecule has 3 rings (SSSR count). The first-order valence-electron chi connectivity index (χ1n) is 8.09. The van der Waals surface area contributed by atoms with Gasteiger partial charge in [-0.15, -0.1) is 5.10 Å². The van der Waals surface area contributed by atoms with Crippen molar-refractivity contribution in [2.45, 2.75) is 33.0 Å². The summed E-state index contributed by atoms with van der Waals surface area (Å²) in [7, 11) is 0. The second-order valence-corrected chi connectivity index (χ2v) is 5.80. The Kier molecular flexibility index (Phi) is 4.71. The predicted octanol–water partition coefficient (Wildman–Crippen LogP) is 4.02. The van der Waals surface area contributed by atoms with Crippen LogP contribution in [0.3, 0.4) is 0 Å². The summed E-state index contributed by atoms with van der Waals surface area (Å²) < 4.78 is 45.3. The zero-order valence-corrected chi connectivity index (χ0v) is 14.5. The van der Waals surface area contributed by atoms with Gasteiger partial charge in [-0.1, -0.05) is 12.1 Å². The lowest BCUT2D eigenvalue weighted by Crippen LogP contribution is -2.12. The average molecular weight is 365 g/mol. The normalized spacial score (nSPS) is 13.0. The number of hydrogen-bond donors (Lipinski definition) is 1. The second-order valence-electron chi connectivity index (χ2n) is 5.80. The van der Waals surface area contributed by atoms with Crippen LogP contribution in [0.1, 0.15) is 37.0 Å². The summed E-state index contributed by atoms with van der Waals surface area (Å²) in [6.07, 6.45) is -4.63. The minimum absolute atomic E-state index is 0.102. The van der Waals surface area contributed by atoms with Crippen molar-refractivity contribution >= 4 is 11.6 Å². The molecule has 26 heavy (non-hydrogen) atoms. The Hall–Kier alpha value is -2.84. The molecule has 0 aliphatic heterocycles. The van der Waals surface area contributed by atoms with Crippen LogP contribution in [-0.4, -0.2) is 26.2 Å². The molecule has 0 amide bonds. The number of aryl methyl sites for hydroxylation is 1. The van der Waals surface area contributed by atoms with Crippen molar-refractivity contribution in [1.29, 1.82) is 0 Å². The van der Waals surface area contributed by atoms with Crippen LogP contribution in [0.4, 0.5) is 19.0 Å². The zero-order chi connectivity index (χ0) is 18.9. The predicted molar refractivity (Wildman–Crippen MR) is 90.2 cm³/mol. The number of hydrogen-bond acceptors (Lipinski definition) is 5. The molecule has 0 saturated heterocycles. The number of aromatic nitrogens is 4. The number of anilines is 1. The quantitative estimate of drug-likeness (QED) is 0.740. The number of benzene rings is 1. The monoisotopic (exact) mass is 365 g/mol. The summed E-state index contributed by atoms with van der Waals surface area (Å²) in [5.74, 6) is -0.209. The molecule has 1 unspecified atom stereocenters. The van der Waals surface area contributed by atoms with Gasteiger partial charge in [-0.3, -0.25) is 0 Å². The van der Waals surface area contributed by atoms with Crippen molar-refractivity contribution in [1.82, 2.24) is 19.6 Å². The fourth-order valence-electron chi connectivity index (χ4n) is 2.56. The van der Waals surface area contributed by atoms with Crippen LogP contribution < -0.4 is 10.1 Å². The Bertz CT molecular complexity index is 922. The highest BCUT2D eigenvalue weighted by molar-refractivity contribution is 5.47. The number of ether oxygens (including phenoxy) is 1. The van der Waals surface area contributed by atoms with Crippen molar-refractivity contribution < 1.29 is 17.9 Å². The maximum absolute atomic E-state index is 12.9. The largest absolute Gasteiger partial charge is 0.494 e. The summed E-state index contributed by atoms with van der Waals surface area (Å²) in [4.78, 5) is 7.50. The van der Waals surface area contributed by atoms with Crippen LogP contribution in [0.25, 0.3) is 5.78 Å². The van der Waals surface area contributed by atoms with Crippen molar-refractivity contribution in [2.24, 2.45) is 0 Å². The molecule has 9 heteroatoms. The third-order valence-electron chi connectivity index (χ3n) is 3.73. The molecular formula is C17H18F3N5O. The van der Waals surface area contributed by atoms with E-state index < -0.39 is 12.0 Å². The van der Waals surface area contributed by atoms with E-state index in [4.69, 9.17) is 4.74 Å². The molecule has 138 valence electrons.